The number of guanidine groups is 1. The summed E-state index contributed by atoms with van der Waals surface area (Å²) >= 11 is 1.74. The number of aromatic nitrogens is 1. The molecule has 1 heterocycles. The summed E-state index contributed by atoms with van der Waals surface area (Å²) in [5, 5.41) is 10.2. The second kappa shape index (κ2) is 11.6. The van der Waals surface area contributed by atoms with Crippen molar-refractivity contribution in [1.82, 2.24) is 20.9 Å². The number of nitrogens with one attached hydrogen (secondary N) is 3. The summed E-state index contributed by atoms with van der Waals surface area (Å²) in [6, 6.07) is 0. The van der Waals surface area contributed by atoms with Crippen molar-refractivity contribution >= 4 is 47.2 Å². The van der Waals surface area contributed by atoms with E-state index >= 15 is 0 Å². The Labute approximate surface area is 153 Å². The average Bonchev–Trinajstić information content (AvgIpc) is 2.73. The summed E-state index contributed by atoms with van der Waals surface area (Å²) in [5.74, 6) is 0.751. The van der Waals surface area contributed by atoms with E-state index in [-0.39, 0.29) is 29.9 Å². The fourth-order valence-electron chi connectivity index (χ4n) is 1.67. The van der Waals surface area contributed by atoms with Gasteiger partial charge in [0.1, 0.15) is 0 Å². The highest BCUT2D eigenvalue weighted by Gasteiger charge is 2.03. The Morgan fingerprint density at radius 3 is 2.45 bits per heavy atom. The van der Waals surface area contributed by atoms with Gasteiger partial charge in [-0.05, 0) is 20.8 Å². The molecule has 0 aromatic carbocycles. The Bertz CT molecular complexity index is 470. The molecule has 1 aromatic rings. The highest BCUT2D eigenvalue weighted by molar-refractivity contribution is 14.0. The fraction of sp³-hybridized carbons (Fsp3) is 0.643. The van der Waals surface area contributed by atoms with E-state index in [0.717, 1.165) is 29.6 Å². The molecule has 0 spiro atoms. The number of halogens is 1. The Morgan fingerprint density at radius 2 is 1.91 bits per heavy atom. The molecule has 22 heavy (non-hydrogen) atoms. The first-order valence-corrected chi connectivity index (χ1v) is 8.04. The van der Waals surface area contributed by atoms with Crippen LogP contribution in [0.1, 0.15) is 29.4 Å². The van der Waals surface area contributed by atoms with Crippen LogP contribution in [0.3, 0.4) is 0 Å². The number of rotatable bonds is 7. The lowest BCUT2D eigenvalue weighted by molar-refractivity contribution is -0.118. The highest BCUT2D eigenvalue weighted by atomic mass is 127. The van der Waals surface area contributed by atoms with E-state index in [2.05, 4.69) is 32.9 Å². The van der Waals surface area contributed by atoms with Gasteiger partial charge >= 0.3 is 0 Å². The number of carbonyl (C=O) groups excluding carboxylic acids is 1. The lowest BCUT2D eigenvalue weighted by atomic mass is 10.4. The van der Waals surface area contributed by atoms with Gasteiger partial charge in [-0.2, -0.15) is 0 Å². The molecule has 8 heteroatoms. The summed E-state index contributed by atoms with van der Waals surface area (Å²) in [6.45, 7) is 10.4. The third-order valence-corrected chi connectivity index (χ3v) is 3.94. The van der Waals surface area contributed by atoms with Crippen molar-refractivity contribution in [3.8, 4) is 0 Å². The standard InChI is InChI=1S/C14H25N5OS.HI/c1-5-15-14(18-9-8-16-12(4)20)17-7-6-13-19-10(2)11(3)21-13;/h5-9H2,1-4H3,(H,16,20)(H2,15,17,18);1H. The van der Waals surface area contributed by atoms with Gasteiger partial charge < -0.3 is 16.0 Å². The van der Waals surface area contributed by atoms with Gasteiger partial charge in [0, 0.05) is 44.4 Å². The number of hydrogen-bond donors (Lipinski definition) is 3. The molecule has 126 valence electrons. The smallest absolute Gasteiger partial charge is 0.216 e. The first kappa shape index (κ1) is 21.1. The van der Waals surface area contributed by atoms with E-state index in [0.29, 0.717) is 19.6 Å². The normalized spacial score (nSPS) is 10.8. The molecule has 0 bridgehead atoms. The average molecular weight is 439 g/mol. The van der Waals surface area contributed by atoms with Crippen LogP contribution in [0, 0.1) is 13.8 Å². The number of hydrogen-bond acceptors (Lipinski definition) is 4. The van der Waals surface area contributed by atoms with Crippen LogP contribution in [-0.4, -0.2) is 43.0 Å². The summed E-state index contributed by atoms with van der Waals surface area (Å²) in [4.78, 5) is 21.1. The number of aryl methyl sites for hydroxylation is 2. The largest absolute Gasteiger partial charge is 0.357 e. The summed E-state index contributed by atoms with van der Waals surface area (Å²) < 4.78 is 0. The number of thiazole rings is 1. The highest BCUT2D eigenvalue weighted by Crippen LogP contribution is 2.16. The molecule has 1 aromatic heterocycles. The zero-order valence-corrected chi connectivity index (χ0v) is 16.8. The van der Waals surface area contributed by atoms with Gasteiger partial charge in [-0.1, -0.05) is 0 Å². The van der Waals surface area contributed by atoms with Crippen molar-refractivity contribution in [3.05, 3.63) is 15.6 Å². The van der Waals surface area contributed by atoms with E-state index in [9.17, 15) is 4.79 Å². The van der Waals surface area contributed by atoms with Crippen LogP contribution >= 0.6 is 35.3 Å². The Hall–Kier alpha value is -0.900. The summed E-state index contributed by atoms with van der Waals surface area (Å²) in [5.41, 5.74) is 1.11. The van der Waals surface area contributed by atoms with Crippen LogP contribution in [0.4, 0.5) is 0 Å². The molecule has 6 nitrogen and oxygen atoms in total. The van der Waals surface area contributed by atoms with Crippen molar-refractivity contribution < 1.29 is 4.79 Å². The molecular weight excluding hydrogens is 413 g/mol. The molecular formula is C14H26IN5OS. The topological polar surface area (TPSA) is 78.4 Å². The van der Waals surface area contributed by atoms with Gasteiger partial charge in [0.05, 0.1) is 10.7 Å². The van der Waals surface area contributed by atoms with Crippen LogP contribution in [0.5, 0.6) is 0 Å². The first-order chi connectivity index (χ1) is 10.0. The molecule has 0 radical (unpaired) electrons. The molecule has 0 saturated heterocycles. The van der Waals surface area contributed by atoms with Gasteiger partial charge in [0.15, 0.2) is 5.96 Å². The molecule has 0 aliphatic rings. The Kier molecular flexibility index (Phi) is 11.2. The number of carbonyl (C=O) groups is 1. The van der Waals surface area contributed by atoms with Gasteiger partial charge in [-0.3, -0.25) is 9.79 Å². The minimum absolute atomic E-state index is 0. The van der Waals surface area contributed by atoms with Crippen molar-refractivity contribution in [2.24, 2.45) is 4.99 Å². The van der Waals surface area contributed by atoms with Gasteiger partial charge in [0.25, 0.3) is 0 Å². The molecule has 0 atom stereocenters. The summed E-state index contributed by atoms with van der Waals surface area (Å²) in [7, 11) is 0. The van der Waals surface area contributed by atoms with Crippen molar-refractivity contribution in [3.63, 3.8) is 0 Å². The van der Waals surface area contributed by atoms with E-state index in [1.54, 1.807) is 11.3 Å². The van der Waals surface area contributed by atoms with Crippen LogP contribution in [0.15, 0.2) is 4.99 Å². The molecule has 0 aliphatic heterocycles. The second-order valence-electron chi connectivity index (χ2n) is 4.67. The van der Waals surface area contributed by atoms with Crippen molar-refractivity contribution in [1.29, 1.82) is 0 Å². The number of nitrogens with zero attached hydrogens (tertiary/aromatic N) is 2. The lowest BCUT2D eigenvalue weighted by Crippen LogP contribution is -2.41. The molecule has 1 amide bonds. The Morgan fingerprint density at radius 1 is 1.23 bits per heavy atom. The van der Waals surface area contributed by atoms with Crippen LogP contribution in [0.2, 0.25) is 0 Å². The molecule has 0 aliphatic carbocycles. The molecule has 3 N–H and O–H groups in total. The predicted octanol–water partition coefficient (Wildman–Crippen LogP) is 1.61. The van der Waals surface area contributed by atoms with Crippen LogP contribution in [0.25, 0.3) is 0 Å². The van der Waals surface area contributed by atoms with Crippen molar-refractivity contribution in [2.45, 2.75) is 34.1 Å². The SMILES string of the molecule is CCNC(=NCCc1nc(C)c(C)s1)NCCNC(C)=O.I. The number of amides is 1. The van der Waals surface area contributed by atoms with Gasteiger partial charge in [-0.15, -0.1) is 35.3 Å². The first-order valence-electron chi connectivity index (χ1n) is 7.22. The zero-order chi connectivity index (χ0) is 15.7. The van der Waals surface area contributed by atoms with Crippen LogP contribution in [-0.2, 0) is 11.2 Å². The maximum atomic E-state index is 10.8. The minimum Gasteiger partial charge on any atom is -0.357 e. The molecule has 0 saturated carbocycles. The van der Waals surface area contributed by atoms with E-state index in [1.807, 2.05) is 13.8 Å². The molecule has 1 rings (SSSR count). The second-order valence-corrected chi connectivity index (χ2v) is 5.96. The summed E-state index contributed by atoms with van der Waals surface area (Å²) in [6.07, 6.45) is 0.849. The predicted molar refractivity (Wildman–Crippen MR) is 103 cm³/mol. The monoisotopic (exact) mass is 439 g/mol. The van der Waals surface area contributed by atoms with Crippen LogP contribution < -0.4 is 16.0 Å². The Balaban J connectivity index is 0.00000441. The minimum atomic E-state index is -0.0201. The van der Waals surface area contributed by atoms with Gasteiger partial charge in [-0.25, -0.2) is 4.98 Å². The molecule has 0 unspecified atom stereocenters. The third kappa shape index (κ3) is 8.52. The van der Waals surface area contributed by atoms with E-state index < -0.39 is 0 Å². The lowest BCUT2D eigenvalue weighted by Gasteiger charge is -2.11. The number of aliphatic imine (C=N–C) groups is 1. The van der Waals surface area contributed by atoms with Gasteiger partial charge in [0.2, 0.25) is 5.91 Å². The maximum absolute atomic E-state index is 10.8. The third-order valence-electron chi connectivity index (χ3n) is 2.80. The quantitative estimate of drug-likeness (QED) is 0.261. The molecule has 0 fully saturated rings. The van der Waals surface area contributed by atoms with Crippen molar-refractivity contribution in [2.75, 3.05) is 26.2 Å². The zero-order valence-electron chi connectivity index (χ0n) is 13.7. The van der Waals surface area contributed by atoms with E-state index in [1.165, 1.54) is 11.8 Å². The maximum Gasteiger partial charge on any atom is 0.216 e. The fourth-order valence-corrected chi connectivity index (χ4v) is 2.59. The van der Waals surface area contributed by atoms with E-state index in [4.69, 9.17) is 0 Å².